The molecule has 2 aromatic rings. The molecule has 0 radical (unpaired) electrons. The van der Waals surface area contributed by atoms with Crippen LogP contribution < -0.4 is 0 Å². The molecule has 0 aliphatic heterocycles. The number of aromatic hydroxyl groups is 2. The Bertz CT molecular complexity index is 675. The molecule has 0 unspecified atom stereocenters. The van der Waals surface area contributed by atoms with E-state index in [4.69, 9.17) is 20.4 Å². The lowest BCUT2D eigenvalue weighted by molar-refractivity contribution is 0.399. The monoisotopic (exact) mass is 546 g/mol. The van der Waals surface area contributed by atoms with Crippen LogP contribution in [0, 0.1) is 18.8 Å². The molecule has 2 aliphatic rings. The molecule has 0 bridgehead atoms. The number of aryl methyl sites for hydroxylation is 1. The highest BCUT2D eigenvalue weighted by atomic mass is 16.3. The first-order chi connectivity index (χ1) is 19.1. The van der Waals surface area contributed by atoms with Crippen molar-refractivity contribution in [3.63, 3.8) is 0 Å². The Balaban J connectivity index is -0.0000000862. The molecule has 226 valence electrons. The van der Waals surface area contributed by atoms with Gasteiger partial charge in [-0.25, -0.2) is 0 Å². The van der Waals surface area contributed by atoms with Crippen LogP contribution in [-0.4, -0.2) is 34.6 Å². The van der Waals surface area contributed by atoms with E-state index in [9.17, 15) is 0 Å². The Labute approximate surface area is 242 Å². The van der Waals surface area contributed by atoms with Crippen LogP contribution in [0.2, 0.25) is 0 Å². The van der Waals surface area contributed by atoms with Crippen LogP contribution in [0.1, 0.15) is 74.8 Å². The van der Waals surface area contributed by atoms with Crippen LogP contribution in [0.5, 0.6) is 11.5 Å². The number of benzene rings is 2. The molecule has 0 amide bonds. The Morgan fingerprint density at radius 3 is 0.872 bits per heavy atom. The van der Waals surface area contributed by atoms with Gasteiger partial charge in [-0.15, -0.1) is 0 Å². The maximum atomic E-state index is 8.76. The van der Waals surface area contributed by atoms with Gasteiger partial charge in [0.05, 0.1) is 0 Å². The van der Waals surface area contributed by atoms with E-state index in [1.807, 2.05) is 94.4 Å². The minimum atomic E-state index is 0.322. The summed E-state index contributed by atoms with van der Waals surface area (Å²) in [5.41, 5.74) is 1.17. The highest BCUT2D eigenvalue weighted by Crippen LogP contribution is 2.24. The van der Waals surface area contributed by atoms with E-state index in [1.54, 1.807) is 36.4 Å². The first kappa shape index (κ1) is 48.9. The number of fused-ring (bicyclic) bond motifs is 1. The minimum absolute atomic E-state index is 0.322. The highest BCUT2D eigenvalue weighted by molar-refractivity contribution is 5.28. The minimum Gasteiger partial charge on any atom is -0.508 e. The lowest BCUT2D eigenvalue weighted by atomic mass is 9.85. The molecule has 0 atom stereocenters. The average Bonchev–Trinajstić information content (AvgIpc) is 3.06. The van der Waals surface area contributed by atoms with E-state index in [0.29, 0.717) is 23.3 Å². The molecule has 0 aromatic heterocycles. The second-order valence-electron chi connectivity index (χ2n) is 5.87. The molecular formula is C35H62O4. The summed E-state index contributed by atoms with van der Waals surface area (Å²) in [5, 5.41) is 31.4. The molecule has 0 saturated heterocycles. The highest BCUT2D eigenvalue weighted by Gasteiger charge is 2.13. The predicted molar refractivity (Wildman–Crippen MR) is 178 cm³/mol. The fraction of sp³-hybridized carbons (Fsp3) is 0.429. The van der Waals surface area contributed by atoms with Gasteiger partial charge in [-0.05, 0) is 31.2 Å². The molecule has 4 nitrogen and oxygen atoms in total. The number of hydrogen-bond acceptors (Lipinski definition) is 4. The second kappa shape index (κ2) is 48.0. The van der Waals surface area contributed by atoms with Crippen molar-refractivity contribution in [1.82, 2.24) is 0 Å². The molecule has 0 heterocycles. The number of phenolic OH excluding ortho intramolecular Hbond substituents is 2. The second-order valence-corrected chi connectivity index (χ2v) is 5.87. The van der Waals surface area contributed by atoms with E-state index in [0.717, 1.165) is 14.2 Å². The Hall–Kier alpha value is -3.08. The van der Waals surface area contributed by atoms with Crippen LogP contribution >= 0.6 is 0 Å². The van der Waals surface area contributed by atoms with E-state index < -0.39 is 0 Å². The third-order valence-electron chi connectivity index (χ3n) is 3.79. The van der Waals surface area contributed by atoms with Gasteiger partial charge in [0.2, 0.25) is 0 Å². The van der Waals surface area contributed by atoms with Crippen molar-refractivity contribution < 1.29 is 20.4 Å². The van der Waals surface area contributed by atoms with E-state index in [2.05, 4.69) is 48.6 Å². The maximum absolute atomic E-state index is 8.76. The third kappa shape index (κ3) is 34.9. The van der Waals surface area contributed by atoms with Crippen molar-refractivity contribution in [3.8, 4) is 11.5 Å². The van der Waals surface area contributed by atoms with E-state index in [1.165, 1.54) is 5.56 Å². The summed E-state index contributed by atoms with van der Waals surface area (Å²) >= 11 is 0. The van der Waals surface area contributed by atoms with Crippen molar-refractivity contribution in [2.75, 3.05) is 14.2 Å². The number of allylic oxidation sites excluding steroid dienone is 8. The summed E-state index contributed by atoms with van der Waals surface area (Å²) in [6.45, 7) is 22.0. The molecule has 4 N–H and O–H groups in total. The van der Waals surface area contributed by atoms with Gasteiger partial charge in [-0.2, -0.15) is 0 Å². The van der Waals surface area contributed by atoms with Crippen LogP contribution in [0.3, 0.4) is 0 Å². The predicted octanol–water partition coefficient (Wildman–Crippen LogP) is 9.91. The smallest absolute Gasteiger partial charge is 0.115 e. The molecule has 0 fully saturated rings. The summed E-state index contributed by atoms with van der Waals surface area (Å²) in [6, 6.07) is 15.8. The Morgan fingerprint density at radius 2 is 0.667 bits per heavy atom. The summed E-state index contributed by atoms with van der Waals surface area (Å²) in [7, 11) is 2.00. The molecular weight excluding hydrogens is 484 g/mol. The quantitative estimate of drug-likeness (QED) is 0.265. The fourth-order valence-electron chi connectivity index (χ4n) is 2.38. The third-order valence-corrected chi connectivity index (χ3v) is 3.79. The summed E-state index contributed by atoms with van der Waals surface area (Å²) in [4.78, 5) is 0. The van der Waals surface area contributed by atoms with E-state index >= 15 is 0 Å². The standard InChI is InChI=1S/C10H10.C7H8O.C6H6O.5C2H6.2CH4O/c1-2-6-10-8-4-3-7-9(10)5-1;1-6-2-4-7(8)5-3-6;7-6-4-2-1-3-5-6;7*1-2/h1-10H;2-5,8H,1H3;1-5,7H;5*1-2H3;2*2H,1H3. The molecule has 0 saturated carbocycles. The summed E-state index contributed by atoms with van der Waals surface area (Å²) in [5.74, 6) is 1.89. The van der Waals surface area contributed by atoms with Crippen LogP contribution in [0.4, 0.5) is 0 Å². The summed E-state index contributed by atoms with van der Waals surface area (Å²) < 4.78 is 0. The van der Waals surface area contributed by atoms with Gasteiger partial charge in [0.25, 0.3) is 0 Å². The zero-order valence-electron chi connectivity index (χ0n) is 27.3. The van der Waals surface area contributed by atoms with Crippen molar-refractivity contribution in [2.24, 2.45) is 11.8 Å². The van der Waals surface area contributed by atoms with Gasteiger partial charge < -0.3 is 20.4 Å². The average molecular weight is 547 g/mol. The molecule has 4 heteroatoms. The molecule has 4 rings (SSSR count). The van der Waals surface area contributed by atoms with Crippen LogP contribution in [0.25, 0.3) is 0 Å². The van der Waals surface area contributed by atoms with Crippen LogP contribution in [0.15, 0.2) is 103 Å². The van der Waals surface area contributed by atoms with Crippen molar-refractivity contribution >= 4 is 0 Å². The van der Waals surface area contributed by atoms with Crippen molar-refractivity contribution in [1.29, 1.82) is 0 Å². The molecule has 39 heavy (non-hydrogen) atoms. The van der Waals surface area contributed by atoms with Gasteiger partial charge >= 0.3 is 0 Å². The Kier molecular flexibility index (Phi) is 60.3. The number of rotatable bonds is 0. The molecule has 2 aliphatic carbocycles. The summed E-state index contributed by atoms with van der Waals surface area (Å²) in [6.07, 6.45) is 17.4. The fourth-order valence-corrected chi connectivity index (χ4v) is 2.38. The first-order valence-corrected chi connectivity index (χ1v) is 14.2. The number of phenols is 2. The lowest BCUT2D eigenvalue weighted by Gasteiger charge is -2.19. The topological polar surface area (TPSA) is 80.9 Å². The van der Waals surface area contributed by atoms with Gasteiger partial charge in [-0.1, -0.05) is 154 Å². The van der Waals surface area contributed by atoms with Crippen LogP contribution in [-0.2, 0) is 0 Å². The zero-order chi connectivity index (χ0) is 31.9. The zero-order valence-corrected chi connectivity index (χ0v) is 27.3. The maximum Gasteiger partial charge on any atom is 0.115 e. The van der Waals surface area contributed by atoms with Crippen molar-refractivity contribution in [2.45, 2.75) is 76.2 Å². The largest absolute Gasteiger partial charge is 0.508 e. The molecule has 0 spiro atoms. The van der Waals surface area contributed by atoms with Gasteiger partial charge in [0, 0.05) is 26.1 Å². The first-order valence-electron chi connectivity index (χ1n) is 14.2. The van der Waals surface area contributed by atoms with Gasteiger partial charge in [0.15, 0.2) is 0 Å². The van der Waals surface area contributed by atoms with Gasteiger partial charge in [0.1, 0.15) is 11.5 Å². The molecule has 2 aromatic carbocycles. The van der Waals surface area contributed by atoms with Gasteiger partial charge in [-0.3, -0.25) is 0 Å². The Morgan fingerprint density at radius 1 is 0.410 bits per heavy atom. The normalized spacial score (nSPS) is 13.3. The lowest BCUT2D eigenvalue weighted by Crippen LogP contribution is -2.09. The number of para-hydroxylation sites is 1. The number of aliphatic hydroxyl groups is 2. The van der Waals surface area contributed by atoms with E-state index in [-0.39, 0.29) is 0 Å². The number of hydrogen-bond donors (Lipinski definition) is 4. The van der Waals surface area contributed by atoms with Crippen molar-refractivity contribution in [3.05, 3.63) is 109 Å². The number of aliphatic hydroxyl groups excluding tert-OH is 2. The SMILES string of the molecule is C1=CC2C=CC=CC2C=C1.CC.CC.CC.CC.CC.CO.CO.Cc1ccc(O)cc1.Oc1ccccc1.